The van der Waals surface area contributed by atoms with Crippen molar-refractivity contribution in [1.29, 1.82) is 0 Å². The van der Waals surface area contributed by atoms with Crippen LogP contribution >= 0.6 is 47.5 Å². The van der Waals surface area contributed by atoms with E-state index in [4.69, 9.17) is 0 Å². The van der Waals surface area contributed by atoms with E-state index in [2.05, 4.69) is 71.6 Å². The molecule has 2 heterocycles. The Hall–Kier alpha value is 0.660. The molecule has 2 rings (SSSR count). The van der Waals surface area contributed by atoms with Crippen LogP contribution in [0.15, 0.2) is 4.99 Å². The first-order valence-corrected chi connectivity index (χ1v) is 10.5. The Kier molecular flexibility index (Phi) is 9.40. The lowest BCUT2D eigenvalue weighted by Gasteiger charge is -2.39. The maximum absolute atomic E-state index is 4.55. The summed E-state index contributed by atoms with van der Waals surface area (Å²) in [6.07, 6.45) is 1.26. The highest BCUT2D eigenvalue weighted by molar-refractivity contribution is 14.0. The Morgan fingerprint density at radius 1 is 1.39 bits per heavy atom. The smallest absolute Gasteiger partial charge is 0.193 e. The molecule has 0 bridgehead atoms. The third-order valence-corrected chi connectivity index (χ3v) is 7.73. The maximum atomic E-state index is 4.55. The summed E-state index contributed by atoms with van der Waals surface area (Å²) in [6.45, 7) is 7.88. The van der Waals surface area contributed by atoms with Crippen molar-refractivity contribution in [1.82, 2.24) is 15.1 Å². The van der Waals surface area contributed by atoms with Crippen molar-refractivity contribution < 1.29 is 0 Å². The quantitative estimate of drug-likeness (QED) is 0.386. The monoisotopic (exact) mass is 472 g/mol. The number of nitrogens with zero attached hydrogens (tertiary/aromatic N) is 3. The molecule has 4 nitrogen and oxygen atoms in total. The summed E-state index contributed by atoms with van der Waals surface area (Å²) in [5.74, 6) is 5.51. The van der Waals surface area contributed by atoms with Crippen molar-refractivity contribution in [2.45, 2.75) is 31.1 Å². The van der Waals surface area contributed by atoms with Gasteiger partial charge >= 0.3 is 0 Å². The van der Waals surface area contributed by atoms with Gasteiger partial charge in [-0.1, -0.05) is 13.8 Å². The molecule has 2 unspecified atom stereocenters. The first-order valence-electron chi connectivity index (χ1n) is 8.31. The molecule has 0 radical (unpaired) electrons. The zero-order valence-corrected chi connectivity index (χ0v) is 19.1. The van der Waals surface area contributed by atoms with Crippen LogP contribution in [0.3, 0.4) is 0 Å². The number of nitrogens with one attached hydrogen (secondary N) is 1. The fraction of sp³-hybridized carbons (Fsp3) is 0.938. The second-order valence-corrected chi connectivity index (χ2v) is 9.37. The highest BCUT2D eigenvalue weighted by atomic mass is 127. The normalized spacial score (nSPS) is 29.1. The minimum atomic E-state index is 0. The number of guanidine groups is 1. The van der Waals surface area contributed by atoms with Gasteiger partial charge in [-0.15, -0.1) is 24.0 Å². The van der Waals surface area contributed by atoms with Gasteiger partial charge in [0.25, 0.3) is 0 Å². The third-order valence-electron chi connectivity index (χ3n) is 4.96. The van der Waals surface area contributed by atoms with Crippen LogP contribution in [0.1, 0.15) is 20.3 Å². The van der Waals surface area contributed by atoms with Crippen LogP contribution in [0.2, 0.25) is 0 Å². The van der Waals surface area contributed by atoms with E-state index in [1.165, 1.54) is 23.7 Å². The Morgan fingerprint density at radius 2 is 2.13 bits per heavy atom. The lowest BCUT2D eigenvalue weighted by Crippen LogP contribution is -2.56. The van der Waals surface area contributed by atoms with Crippen LogP contribution < -0.4 is 5.32 Å². The van der Waals surface area contributed by atoms with Crippen LogP contribution in [0, 0.1) is 5.92 Å². The van der Waals surface area contributed by atoms with Gasteiger partial charge in [0.15, 0.2) is 5.96 Å². The molecule has 23 heavy (non-hydrogen) atoms. The summed E-state index contributed by atoms with van der Waals surface area (Å²) >= 11 is 4.18. The molecule has 2 aliphatic rings. The van der Waals surface area contributed by atoms with Crippen LogP contribution in [0.25, 0.3) is 0 Å². The molecule has 0 aromatic rings. The van der Waals surface area contributed by atoms with Gasteiger partial charge in [-0.2, -0.15) is 23.5 Å². The molecule has 0 aromatic carbocycles. The van der Waals surface area contributed by atoms with Gasteiger partial charge in [0, 0.05) is 49.0 Å². The molecule has 0 amide bonds. The highest BCUT2D eigenvalue weighted by Crippen LogP contribution is 2.31. The summed E-state index contributed by atoms with van der Waals surface area (Å²) < 4.78 is 0. The number of thioether (sulfide) groups is 2. The summed E-state index contributed by atoms with van der Waals surface area (Å²) in [4.78, 5) is 9.40. The predicted octanol–water partition coefficient (Wildman–Crippen LogP) is 2.69. The Balaban J connectivity index is 0.00000264. The number of hydrogen-bond donors (Lipinski definition) is 1. The first-order chi connectivity index (χ1) is 10.5. The van der Waals surface area contributed by atoms with Crippen molar-refractivity contribution in [3.63, 3.8) is 0 Å². The molecule has 2 atom stereocenters. The largest absolute Gasteiger partial charge is 0.354 e. The fourth-order valence-electron chi connectivity index (χ4n) is 3.09. The van der Waals surface area contributed by atoms with Gasteiger partial charge in [-0.3, -0.25) is 4.99 Å². The number of halogens is 1. The van der Waals surface area contributed by atoms with E-state index in [-0.39, 0.29) is 29.5 Å². The van der Waals surface area contributed by atoms with E-state index in [1.54, 1.807) is 0 Å². The van der Waals surface area contributed by atoms with Gasteiger partial charge in [0.05, 0.1) is 0 Å². The molecule has 0 aromatic heterocycles. The lowest BCUT2D eigenvalue weighted by molar-refractivity contribution is 0.181. The van der Waals surface area contributed by atoms with Crippen molar-refractivity contribution in [3.05, 3.63) is 0 Å². The number of rotatable bonds is 4. The molecule has 0 saturated carbocycles. The van der Waals surface area contributed by atoms with E-state index in [0.717, 1.165) is 36.8 Å². The first kappa shape index (κ1) is 21.7. The molecular weight excluding hydrogens is 439 g/mol. The van der Waals surface area contributed by atoms with Crippen molar-refractivity contribution in [2.24, 2.45) is 10.9 Å². The van der Waals surface area contributed by atoms with Crippen molar-refractivity contribution in [3.8, 4) is 0 Å². The SMILES string of the molecule is CN=C(NCC1(N(C)C)CCSC1)N1CCSC(C(C)C)C1.I. The van der Waals surface area contributed by atoms with Gasteiger partial charge in [0.1, 0.15) is 0 Å². The average Bonchev–Trinajstić information content (AvgIpc) is 2.98. The van der Waals surface area contributed by atoms with Gasteiger partial charge in [-0.05, 0) is 32.2 Å². The van der Waals surface area contributed by atoms with Gasteiger partial charge in [0.2, 0.25) is 0 Å². The van der Waals surface area contributed by atoms with Crippen LogP contribution in [-0.2, 0) is 0 Å². The molecule has 0 aliphatic carbocycles. The summed E-state index contributed by atoms with van der Waals surface area (Å²) in [6, 6.07) is 0. The molecular formula is C16H33IN4S2. The van der Waals surface area contributed by atoms with E-state index in [9.17, 15) is 0 Å². The fourth-order valence-corrected chi connectivity index (χ4v) is 5.95. The van der Waals surface area contributed by atoms with Crippen LogP contribution in [0.4, 0.5) is 0 Å². The maximum Gasteiger partial charge on any atom is 0.193 e. The second-order valence-electron chi connectivity index (χ2n) is 6.92. The van der Waals surface area contributed by atoms with Crippen molar-refractivity contribution in [2.75, 3.05) is 58.0 Å². The van der Waals surface area contributed by atoms with E-state index in [1.807, 2.05) is 7.05 Å². The molecule has 1 N–H and O–H groups in total. The third kappa shape index (κ3) is 5.57. The zero-order chi connectivity index (χ0) is 16.2. The van der Waals surface area contributed by atoms with Gasteiger partial charge in [-0.25, -0.2) is 0 Å². The average molecular weight is 473 g/mol. The molecule has 0 spiro atoms. The van der Waals surface area contributed by atoms with Crippen LogP contribution in [-0.4, -0.2) is 84.6 Å². The number of hydrogen-bond acceptors (Lipinski definition) is 4. The summed E-state index contributed by atoms with van der Waals surface area (Å²) in [7, 11) is 6.34. The van der Waals surface area contributed by atoms with E-state index in [0.29, 0.717) is 0 Å². The van der Waals surface area contributed by atoms with Crippen LogP contribution in [0.5, 0.6) is 0 Å². The standard InChI is InChI=1S/C16H32N4S2.HI/c1-13(2)14-10-20(7-9-22-14)15(17-3)18-11-16(19(4)5)6-8-21-12-16;/h13-14H,6-12H2,1-5H3,(H,17,18);1H. The Bertz CT molecular complexity index is 384. The molecule has 136 valence electrons. The summed E-state index contributed by atoms with van der Waals surface area (Å²) in [5.41, 5.74) is 0.280. The van der Waals surface area contributed by atoms with Gasteiger partial charge < -0.3 is 15.1 Å². The molecule has 2 saturated heterocycles. The summed E-state index contributed by atoms with van der Waals surface area (Å²) in [5, 5.41) is 4.39. The van der Waals surface area contributed by atoms with E-state index < -0.39 is 0 Å². The predicted molar refractivity (Wildman–Crippen MR) is 118 cm³/mol. The molecule has 2 aliphatic heterocycles. The highest BCUT2D eigenvalue weighted by Gasteiger charge is 2.37. The topological polar surface area (TPSA) is 30.9 Å². The molecule has 2 fully saturated rings. The van der Waals surface area contributed by atoms with Crippen molar-refractivity contribution >= 4 is 53.5 Å². The number of aliphatic imine (C=N–C) groups is 1. The minimum Gasteiger partial charge on any atom is -0.354 e. The minimum absolute atomic E-state index is 0. The molecule has 7 heteroatoms. The zero-order valence-electron chi connectivity index (χ0n) is 15.2. The van der Waals surface area contributed by atoms with E-state index >= 15 is 0 Å². The Morgan fingerprint density at radius 3 is 2.65 bits per heavy atom. The lowest BCUT2D eigenvalue weighted by atomic mass is 9.97. The Labute approximate surface area is 168 Å². The second kappa shape index (κ2) is 9.97. The number of likely N-dealkylation sites (N-methyl/N-ethyl adjacent to an activating group) is 1.